The van der Waals surface area contributed by atoms with Gasteiger partial charge in [-0.2, -0.15) is 0 Å². The van der Waals surface area contributed by atoms with E-state index in [2.05, 4.69) is 19.2 Å². The van der Waals surface area contributed by atoms with Gasteiger partial charge in [0.05, 0.1) is 4.88 Å². The van der Waals surface area contributed by atoms with E-state index in [0.29, 0.717) is 11.2 Å². The van der Waals surface area contributed by atoms with Crippen molar-refractivity contribution in [3.05, 3.63) is 56.3 Å². The van der Waals surface area contributed by atoms with Gasteiger partial charge in [-0.25, -0.2) is 0 Å². The molecule has 0 spiro atoms. The molecule has 0 saturated carbocycles. The predicted octanol–water partition coefficient (Wildman–Crippen LogP) is 5.48. The number of rotatable bonds is 3. The summed E-state index contributed by atoms with van der Waals surface area (Å²) in [6.45, 7) is 8.34. The lowest BCUT2D eigenvalue weighted by atomic mass is 9.75. The summed E-state index contributed by atoms with van der Waals surface area (Å²) in [6.07, 6.45) is 6.71. The van der Waals surface area contributed by atoms with Crippen LogP contribution in [0.4, 0.5) is 0 Å². The van der Waals surface area contributed by atoms with E-state index in [-0.39, 0.29) is 5.78 Å². The molecule has 24 heavy (non-hydrogen) atoms. The van der Waals surface area contributed by atoms with Crippen molar-refractivity contribution in [1.29, 1.82) is 0 Å². The fourth-order valence-electron chi connectivity index (χ4n) is 3.45. The molecule has 1 aromatic heterocycles. The van der Waals surface area contributed by atoms with Gasteiger partial charge in [0, 0.05) is 0 Å². The summed E-state index contributed by atoms with van der Waals surface area (Å²) < 4.78 is 0. The fraction of sp³-hybridized carbons (Fsp3) is 0.381. The standard InChI is InChI=1S/C21H24O2S/c1-13-9-15(10-14(2)19(13)23)5-6-18(22)20-17-7-8-21(3,4)11-16(17)12-24-20/h5-6,9-10,12,23H,7-8,11H2,1-4H3. The highest BCUT2D eigenvalue weighted by Crippen LogP contribution is 2.39. The molecule has 0 amide bonds. The Morgan fingerprint density at radius 2 is 1.92 bits per heavy atom. The van der Waals surface area contributed by atoms with Gasteiger partial charge in [-0.1, -0.05) is 19.9 Å². The van der Waals surface area contributed by atoms with E-state index in [9.17, 15) is 9.90 Å². The van der Waals surface area contributed by atoms with Crippen LogP contribution >= 0.6 is 11.3 Å². The van der Waals surface area contributed by atoms with Gasteiger partial charge in [0.25, 0.3) is 0 Å². The molecule has 3 heteroatoms. The molecule has 0 atom stereocenters. The van der Waals surface area contributed by atoms with Gasteiger partial charge in [-0.15, -0.1) is 11.3 Å². The van der Waals surface area contributed by atoms with Crippen LogP contribution in [0.5, 0.6) is 5.75 Å². The maximum atomic E-state index is 12.6. The van der Waals surface area contributed by atoms with E-state index in [4.69, 9.17) is 0 Å². The first kappa shape index (κ1) is 17.0. The van der Waals surface area contributed by atoms with Crippen molar-refractivity contribution >= 4 is 23.2 Å². The number of benzene rings is 1. The molecule has 126 valence electrons. The van der Waals surface area contributed by atoms with E-state index in [0.717, 1.165) is 40.8 Å². The molecule has 0 bridgehead atoms. The van der Waals surface area contributed by atoms with E-state index in [1.807, 2.05) is 32.1 Å². The summed E-state index contributed by atoms with van der Waals surface area (Å²) in [5.74, 6) is 0.415. The molecule has 0 fully saturated rings. The third-order valence-corrected chi connectivity index (χ3v) is 5.95. The second kappa shape index (κ2) is 6.21. The molecule has 3 rings (SSSR count). The van der Waals surface area contributed by atoms with Gasteiger partial charge in [-0.05, 0) is 89.9 Å². The van der Waals surface area contributed by atoms with Crippen LogP contribution in [-0.4, -0.2) is 10.9 Å². The highest BCUT2D eigenvalue weighted by atomic mass is 32.1. The van der Waals surface area contributed by atoms with Crippen molar-refractivity contribution in [2.24, 2.45) is 5.41 Å². The Balaban J connectivity index is 1.83. The molecular weight excluding hydrogens is 316 g/mol. The Bertz CT molecular complexity index is 801. The number of ketones is 1. The summed E-state index contributed by atoms with van der Waals surface area (Å²) in [5.41, 5.74) is 5.56. The van der Waals surface area contributed by atoms with Gasteiger partial charge in [0.15, 0.2) is 5.78 Å². The lowest BCUT2D eigenvalue weighted by molar-refractivity contribution is 0.105. The van der Waals surface area contributed by atoms with Crippen LogP contribution in [0.3, 0.4) is 0 Å². The summed E-state index contributed by atoms with van der Waals surface area (Å²) in [6, 6.07) is 3.80. The van der Waals surface area contributed by atoms with Gasteiger partial charge in [0.1, 0.15) is 5.75 Å². The molecule has 2 aromatic rings. The maximum absolute atomic E-state index is 12.6. The zero-order valence-corrected chi connectivity index (χ0v) is 15.6. The second-order valence-electron chi connectivity index (χ2n) is 7.61. The zero-order valence-electron chi connectivity index (χ0n) is 14.8. The zero-order chi connectivity index (χ0) is 17.5. The third kappa shape index (κ3) is 3.32. The van der Waals surface area contributed by atoms with Crippen molar-refractivity contribution in [1.82, 2.24) is 0 Å². The lowest BCUT2D eigenvalue weighted by Gasteiger charge is -2.29. The number of thiophene rings is 1. The summed E-state index contributed by atoms with van der Waals surface area (Å²) in [5, 5.41) is 12.0. The normalized spacial score (nSPS) is 16.3. The molecule has 0 saturated heterocycles. The Hall–Kier alpha value is -1.87. The van der Waals surface area contributed by atoms with Gasteiger partial charge >= 0.3 is 0 Å². The molecule has 0 unspecified atom stereocenters. The number of hydrogen-bond acceptors (Lipinski definition) is 3. The lowest BCUT2D eigenvalue weighted by Crippen LogP contribution is -2.21. The Kier molecular flexibility index (Phi) is 4.39. The van der Waals surface area contributed by atoms with Gasteiger partial charge in [-0.3, -0.25) is 4.79 Å². The molecule has 1 aromatic carbocycles. The Morgan fingerprint density at radius 3 is 2.58 bits per heavy atom. The third-order valence-electron chi connectivity index (χ3n) is 4.87. The van der Waals surface area contributed by atoms with Crippen molar-refractivity contribution in [3.63, 3.8) is 0 Å². The summed E-state index contributed by atoms with van der Waals surface area (Å²) in [7, 11) is 0. The number of fused-ring (bicyclic) bond motifs is 1. The molecule has 1 aliphatic rings. The SMILES string of the molecule is Cc1cc(C=CC(=O)c2scc3c2CCC(C)(C)C3)cc(C)c1O. The van der Waals surface area contributed by atoms with Gasteiger partial charge < -0.3 is 5.11 Å². The van der Waals surface area contributed by atoms with Crippen molar-refractivity contribution in [2.45, 2.75) is 47.0 Å². The monoisotopic (exact) mass is 340 g/mol. The maximum Gasteiger partial charge on any atom is 0.196 e. The summed E-state index contributed by atoms with van der Waals surface area (Å²) in [4.78, 5) is 13.5. The first-order valence-corrected chi connectivity index (χ1v) is 9.27. The number of hydrogen-bond donors (Lipinski definition) is 1. The molecule has 1 aliphatic carbocycles. The average Bonchev–Trinajstić information content (AvgIpc) is 2.91. The van der Waals surface area contributed by atoms with Crippen LogP contribution in [0, 0.1) is 19.3 Å². The van der Waals surface area contributed by atoms with Gasteiger partial charge in [0.2, 0.25) is 0 Å². The van der Waals surface area contributed by atoms with Crippen molar-refractivity contribution in [3.8, 4) is 5.75 Å². The number of aromatic hydroxyl groups is 1. The minimum atomic E-state index is 0.0873. The van der Waals surface area contributed by atoms with E-state index < -0.39 is 0 Å². The number of carbonyl (C=O) groups excluding carboxylic acids is 1. The Labute approximate surface area is 147 Å². The first-order chi connectivity index (χ1) is 11.3. The van der Waals surface area contributed by atoms with Crippen LogP contribution in [0.2, 0.25) is 0 Å². The summed E-state index contributed by atoms with van der Waals surface area (Å²) >= 11 is 1.58. The highest BCUT2D eigenvalue weighted by molar-refractivity contribution is 7.12. The van der Waals surface area contributed by atoms with E-state index >= 15 is 0 Å². The highest BCUT2D eigenvalue weighted by Gasteiger charge is 2.28. The molecule has 0 aliphatic heterocycles. The number of carbonyl (C=O) groups is 1. The van der Waals surface area contributed by atoms with Crippen LogP contribution in [0.25, 0.3) is 6.08 Å². The van der Waals surface area contributed by atoms with Crippen LogP contribution < -0.4 is 0 Å². The van der Waals surface area contributed by atoms with E-state index in [1.165, 1.54) is 11.1 Å². The predicted molar refractivity (Wildman–Crippen MR) is 101 cm³/mol. The van der Waals surface area contributed by atoms with Crippen molar-refractivity contribution < 1.29 is 9.90 Å². The molecular formula is C21H24O2S. The van der Waals surface area contributed by atoms with Crippen LogP contribution in [0.15, 0.2) is 23.6 Å². The first-order valence-electron chi connectivity index (χ1n) is 8.39. The molecule has 1 N–H and O–H groups in total. The van der Waals surface area contributed by atoms with Crippen LogP contribution in [0.1, 0.15) is 57.8 Å². The van der Waals surface area contributed by atoms with Crippen LogP contribution in [-0.2, 0) is 12.8 Å². The minimum absolute atomic E-state index is 0.0873. The smallest absolute Gasteiger partial charge is 0.196 e. The quantitative estimate of drug-likeness (QED) is 0.593. The van der Waals surface area contributed by atoms with Crippen molar-refractivity contribution in [2.75, 3.05) is 0 Å². The fourth-order valence-corrected chi connectivity index (χ4v) is 4.49. The average molecular weight is 340 g/mol. The number of aryl methyl sites for hydroxylation is 2. The number of phenols is 1. The number of phenolic OH excluding ortho intramolecular Hbond substituents is 1. The van der Waals surface area contributed by atoms with E-state index in [1.54, 1.807) is 17.4 Å². The molecule has 1 heterocycles. The minimum Gasteiger partial charge on any atom is -0.507 e. The Morgan fingerprint density at radius 1 is 1.25 bits per heavy atom. The topological polar surface area (TPSA) is 37.3 Å². The largest absolute Gasteiger partial charge is 0.507 e. The molecule has 2 nitrogen and oxygen atoms in total. The second-order valence-corrected chi connectivity index (χ2v) is 8.49. The number of allylic oxidation sites excluding steroid dienone is 1. The molecule has 0 radical (unpaired) electrons.